The highest BCUT2D eigenvalue weighted by molar-refractivity contribution is 6.08. The molecule has 2 amide bonds. The van der Waals surface area contributed by atoms with Crippen molar-refractivity contribution in [3.05, 3.63) is 35.7 Å². The molecule has 1 saturated heterocycles. The van der Waals surface area contributed by atoms with E-state index < -0.39 is 5.41 Å². The Kier molecular flexibility index (Phi) is 3.90. The summed E-state index contributed by atoms with van der Waals surface area (Å²) in [7, 11) is 1.81. The number of fused-ring (bicyclic) bond motifs is 2. The van der Waals surface area contributed by atoms with Crippen LogP contribution in [0.4, 0.5) is 11.6 Å². The van der Waals surface area contributed by atoms with E-state index in [4.69, 9.17) is 5.73 Å². The molecule has 1 aromatic carbocycles. The molecule has 0 saturated carbocycles. The first-order valence-electron chi connectivity index (χ1n) is 8.83. The fraction of sp³-hybridized carbons (Fsp3) is 0.444. The number of piperidine rings is 1. The number of hydrogen-bond acceptors (Lipinski definition) is 5. The fourth-order valence-electron chi connectivity index (χ4n) is 4.18. The predicted octanol–water partition coefficient (Wildman–Crippen LogP) is 0.856. The number of benzene rings is 1. The number of likely N-dealkylation sites (tertiary alicyclic amines) is 1. The Balaban J connectivity index is 1.52. The maximum atomic E-state index is 13.0. The van der Waals surface area contributed by atoms with Gasteiger partial charge in [0, 0.05) is 38.7 Å². The lowest BCUT2D eigenvalue weighted by Crippen LogP contribution is -2.53. The van der Waals surface area contributed by atoms with Crippen molar-refractivity contribution in [3.8, 4) is 0 Å². The van der Waals surface area contributed by atoms with Crippen molar-refractivity contribution in [1.29, 1.82) is 0 Å². The number of carbonyl (C=O) groups excluding carboxylic acids is 2. The van der Waals surface area contributed by atoms with Crippen molar-refractivity contribution >= 4 is 23.5 Å². The van der Waals surface area contributed by atoms with Crippen LogP contribution < -0.4 is 10.6 Å². The Labute approximate surface area is 151 Å². The molecule has 0 aliphatic carbocycles. The van der Waals surface area contributed by atoms with Crippen LogP contribution in [0.5, 0.6) is 0 Å². The van der Waals surface area contributed by atoms with Crippen molar-refractivity contribution in [2.75, 3.05) is 30.8 Å². The second-order valence-corrected chi connectivity index (χ2v) is 7.02. The molecule has 0 radical (unpaired) electrons. The van der Waals surface area contributed by atoms with E-state index in [1.807, 2.05) is 36.2 Å². The second kappa shape index (κ2) is 6.12. The van der Waals surface area contributed by atoms with E-state index in [9.17, 15) is 9.59 Å². The number of aromatic amines is 1. The molecule has 3 heterocycles. The van der Waals surface area contributed by atoms with E-state index in [1.165, 1.54) is 0 Å². The Morgan fingerprint density at radius 3 is 2.96 bits per heavy atom. The second-order valence-electron chi connectivity index (χ2n) is 7.02. The number of anilines is 2. The van der Waals surface area contributed by atoms with Gasteiger partial charge in [-0.05, 0) is 24.5 Å². The first kappa shape index (κ1) is 16.6. The number of nitrogen functional groups attached to an aromatic ring is 1. The Bertz CT molecular complexity index is 863. The third kappa shape index (κ3) is 2.53. The topological polar surface area (TPSA) is 108 Å². The standard InChI is InChI=1S/C18H22N6O2/c1-23-13-6-3-2-5-12(13)18(16(23)26)9-4-10-24(11-18)15(25)8-7-14-20-17(19)22-21-14/h2-3,5-6H,4,7-11H2,1H3,(H3,19,20,21,22). The van der Waals surface area contributed by atoms with E-state index >= 15 is 0 Å². The lowest BCUT2D eigenvalue weighted by atomic mass is 9.75. The molecule has 1 unspecified atom stereocenters. The van der Waals surface area contributed by atoms with Crippen LogP contribution in [-0.4, -0.2) is 52.0 Å². The summed E-state index contributed by atoms with van der Waals surface area (Å²) in [5.74, 6) is 0.892. The van der Waals surface area contributed by atoms with Crippen molar-refractivity contribution in [1.82, 2.24) is 20.1 Å². The fourth-order valence-corrected chi connectivity index (χ4v) is 4.18. The van der Waals surface area contributed by atoms with E-state index in [1.54, 1.807) is 4.90 Å². The van der Waals surface area contributed by atoms with Gasteiger partial charge in [-0.2, -0.15) is 4.98 Å². The Morgan fingerprint density at radius 1 is 1.38 bits per heavy atom. The summed E-state index contributed by atoms with van der Waals surface area (Å²) in [6.07, 6.45) is 2.36. The molecular weight excluding hydrogens is 332 g/mol. The van der Waals surface area contributed by atoms with Gasteiger partial charge in [-0.1, -0.05) is 18.2 Å². The molecule has 26 heavy (non-hydrogen) atoms. The van der Waals surface area contributed by atoms with Gasteiger partial charge < -0.3 is 15.5 Å². The zero-order chi connectivity index (χ0) is 18.3. The maximum absolute atomic E-state index is 13.0. The van der Waals surface area contributed by atoms with Crippen LogP contribution >= 0.6 is 0 Å². The summed E-state index contributed by atoms with van der Waals surface area (Å²) in [5, 5.41) is 6.50. The summed E-state index contributed by atoms with van der Waals surface area (Å²) in [5.41, 5.74) is 6.86. The van der Waals surface area contributed by atoms with Crippen molar-refractivity contribution in [2.45, 2.75) is 31.1 Å². The Hall–Kier alpha value is -2.90. The van der Waals surface area contributed by atoms with Gasteiger partial charge in [0.15, 0.2) is 0 Å². The lowest BCUT2D eigenvalue weighted by molar-refractivity contribution is -0.135. The average Bonchev–Trinajstić information content (AvgIpc) is 3.17. The molecule has 8 nitrogen and oxygen atoms in total. The van der Waals surface area contributed by atoms with Gasteiger partial charge in [0.25, 0.3) is 0 Å². The number of H-pyrrole nitrogens is 1. The zero-order valence-electron chi connectivity index (χ0n) is 14.7. The first-order chi connectivity index (χ1) is 12.5. The molecule has 3 N–H and O–H groups in total. The van der Waals surface area contributed by atoms with E-state index in [2.05, 4.69) is 15.2 Å². The third-order valence-electron chi connectivity index (χ3n) is 5.46. The number of nitrogens with two attached hydrogens (primary N) is 1. The molecule has 8 heteroatoms. The molecule has 0 bridgehead atoms. The van der Waals surface area contributed by atoms with Gasteiger partial charge in [0.05, 0.1) is 5.41 Å². The van der Waals surface area contributed by atoms with Crippen LogP contribution in [0.1, 0.15) is 30.7 Å². The summed E-state index contributed by atoms with van der Waals surface area (Å²) in [6, 6.07) is 7.89. The van der Waals surface area contributed by atoms with Gasteiger partial charge in [-0.3, -0.25) is 14.7 Å². The predicted molar refractivity (Wildman–Crippen MR) is 96.5 cm³/mol. The SMILES string of the molecule is CN1C(=O)C2(CCCN(C(=O)CCc3nc(N)n[nH]3)C2)c2ccccc21. The van der Waals surface area contributed by atoms with Gasteiger partial charge in [0.1, 0.15) is 5.82 Å². The van der Waals surface area contributed by atoms with Crippen molar-refractivity contribution < 1.29 is 9.59 Å². The summed E-state index contributed by atoms with van der Waals surface area (Å²) >= 11 is 0. The number of nitrogens with one attached hydrogen (secondary N) is 1. The van der Waals surface area contributed by atoms with Gasteiger partial charge in [-0.15, -0.1) is 5.10 Å². The third-order valence-corrected chi connectivity index (χ3v) is 5.46. The van der Waals surface area contributed by atoms with E-state index in [-0.39, 0.29) is 17.8 Å². The van der Waals surface area contributed by atoms with Gasteiger partial charge in [-0.25, -0.2) is 0 Å². The van der Waals surface area contributed by atoms with Gasteiger partial charge >= 0.3 is 0 Å². The number of aryl methyl sites for hydroxylation is 1. The average molecular weight is 354 g/mol. The van der Waals surface area contributed by atoms with E-state index in [0.29, 0.717) is 31.8 Å². The van der Waals surface area contributed by atoms with Crippen LogP contribution in [0.25, 0.3) is 0 Å². The summed E-state index contributed by atoms with van der Waals surface area (Å²) < 4.78 is 0. The summed E-state index contributed by atoms with van der Waals surface area (Å²) in [6.45, 7) is 1.11. The van der Waals surface area contributed by atoms with Gasteiger partial charge in [0.2, 0.25) is 17.8 Å². The summed E-state index contributed by atoms with van der Waals surface area (Å²) in [4.78, 5) is 33.3. The molecule has 1 aromatic heterocycles. The number of hydrogen-bond donors (Lipinski definition) is 2. The molecular formula is C18H22N6O2. The van der Waals surface area contributed by atoms with Crippen molar-refractivity contribution in [2.24, 2.45) is 0 Å². The molecule has 136 valence electrons. The first-order valence-corrected chi connectivity index (χ1v) is 8.83. The van der Waals surface area contributed by atoms with Crippen LogP contribution in [0.3, 0.4) is 0 Å². The highest BCUT2D eigenvalue weighted by atomic mass is 16.2. The normalized spacial score (nSPS) is 22.1. The van der Waals surface area contributed by atoms with Crippen LogP contribution in [0, 0.1) is 0 Å². The number of para-hydroxylation sites is 1. The minimum atomic E-state index is -0.615. The number of carbonyl (C=O) groups is 2. The molecule has 2 aromatic rings. The molecule has 2 aliphatic rings. The number of likely N-dealkylation sites (N-methyl/N-ethyl adjacent to an activating group) is 1. The minimum absolute atomic E-state index is 0.0267. The number of nitrogens with zero attached hydrogens (tertiary/aromatic N) is 4. The monoisotopic (exact) mass is 354 g/mol. The molecule has 1 spiro atoms. The lowest BCUT2D eigenvalue weighted by Gasteiger charge is -2.39. The molecule has 4 rings (SSSR count). The van der Waals surface area contributed by atoms with E-state index in [0.717, 1.165) is 24.1 Å². The number of amides is 2. The smallest absolute Gasteiger partial charge is 0.239 e. The largest absolute Gasteiger partial charge is 0.367 e. The maximum Gasteiger partial charge on any atom is 0.239 e. The van der Waals surface area contributed by atoms with Crippen LogP contribution in [0.15, 0.2) is 24.3 Å². The van der Waals surface area contributed by atoms with Crippen LogP contribution in [-0.2, 0) is 21.4 Å². The number of aromatic nitrogens is 3. The zero-order valence-corrected chi connectivity index (χ0v) is 14.7. The molecule has 1 atom stereocenters. The minimum Gasteiger partial charge on any atom is -0.367 e. The Morgan fingerprint density at radius 2 is 2.19 bits per heavy atom. The highest BCUT2D eigenvalue weighted by Gasteiger charge is 2.52. The van der Waals surface area contributed by atoms with Crippen molar-refractivity contribution in [3.63, 3.8) is 0 Å². The number of rotatable bonds is 3. The highest BCUT2D eigenvalue weighted by Crippen LogP contribution is 2.46. The molecule has 1 fully saturated rings. The molecule has 2 aliphatic heterocycles. The quantitative estimate of drug-likeness (QED) is 0.850. The van der Waals surface area contributed by atoms with Crippen LogP contribution in [0.2, 0.25) is 0 Å².